The number of rotatable bonds is 0. The first-order chi connectivity index (χ1) is 0. The fraction of sp³-hybridized carbons (Fsp3) is 1.00. The summed E-state index contributed by atoms with van der Waals surface area (Å²) in [6.07, 6.45) is 0. The molecule has 0 saturated heterocycles. The molecule has 0 nitrogen and oxygen atoms in total. The second kappa shape index (κ2) is 32.3. The second-order valence-corrected chi connectivity index (χ2v) is 0. The summed E-state index contributed by atoms with van der Waals surface area (Å²) in [6, 6.07) is 0. The first-order valence-corrected chi connectivity index (χ1v) is 0. The van der Waals surface area contributed by atoms with Crippen molar-refractivity contribution in [3.05, 3.63) is 0 Å². The van der Waals surface area contributed by atoms with Gasteiger partial charge in [0.05, 0.1) is 0 Å². The van der Waals surface area contributed by atoms with Gasteiger partial charge in [-0.25, -0.2) is 0 Å². The van der Waals surface area contributed by atoms with E-state index in [9.17, 15) is 0 Å². The average molecular weight is 189 g/mol. The molecule has 29 valence electrons. The molecule has 0 N–H and O–H groups in total. The molecule has 0 aromatic carbocycles. The van der Waals surface area contributed by atoms with Crippen molar-refractivity contribution >= 4 is 24.4 Å². The van der Waals surface area contributed by atoms with Gasteiger partial charge in [0.25, 0.3) is 0 Å². The Labute approximate surface area is 51.8 Å². The van der Waals surface area contributed by atoms with Gasteiger partial charge in [-0.05, 0) is 0 Å². The van der Waals surface area contributed by atoms with Crippen molar-refractivity contribution in [3.63, 3.8) is 0 Å². The molecule has 0 unspecified atom stereocenters. The molecule has 0 spiro atoms. The van der Waals surface area contributed by atoms with Gasteiger partial charge in [-0.1, -0.05) is 14.9 Å². The van der Waals surface area contributed by atoms with Crippen molar-refractivity contribution in [1.82, 2.24) is 0 Å². The van der Waals surface area contributed by atoms with Gasteiger partial charge >= 0.3 is 0 Å². The standard InChI is InChI=1S/2CH4.ClH.Sb/h2*1H4;1H;/p-1. The van der Waals surface area contributed by atoms with Crippen LogP contribution in [0.2, 0.25) is 0 Å². The minimum atomic E-state index is 0. The molecule has 0 heterocycles. The first kappa shape index (κ1) is 70.2. The molecule has 0 aliphatic rings. The largest absolute Gasteiger partial charge is 1.00 e. The van der Waals surface area contributed by atoms with E-state index in [-0.39, 0.29) is 51.7 Å². The maximum absolute atomic E-state index is 0. The van der Waals surface area contributed by atoms with Crippen molar-refractivity contribution in [2.24, 2.45) is 0 Å². The summed E-state index contributed by atoms with van der Waals surface area (Å²) < 4.78 is 0. The number of hydrogen-bond donors (Lipinski definition) is 0. The SMILES string of the molecule is C.C.[Cl-].[Sb]. The fourth-order valence-corrected chi connectivity index (χ4v) is 0. The molecule has 0 rings (SSSR count). The summed E-state index contributed by atoms with van der Waals surface area (Å²) in [5, 5.41) is 0. The minimum Gasteiger partial charge on any atom is -1.00 e. The molecule has 0 aliphatic carbocycles. The van der Waals surface area contributed by atoms with Gasteiger partial charge in [0.15, 0.2) is 0 Å². The maximum Gasteiger partial charge on any atom is 0 e. The summed E-state index contributed by atoms with van der Waals surface area (Å²) >= 11 is 0. The first-order valence-electron chi connectivity index (χ1n) is 0. The Morgan fingerprint density at radius 2 is 0.750 bits per heavy atom. The molecule has 3 radical (unpaired) electrons. The molecule has 0 atom stereocenters. The zero-order chi connectivity index (χ0) is 0. The Balaban J connectivity index is 0. The van der Waals surface area contributed by atoms with Gasteiger partial charge in [0, 0.05) is 24.4 Å². The maximum atomic E-state index is 0. The number of hydrogen-bond acceptors (Lipinski definition) is 0. The van der Waals surface area contributed by atoms with Crippen LogP contribution in [0.1, 0.15) is 14.9 Å². The van der Waals surface area contributed by atoms with Gasteiger partial charge in [-0.15, -0.1) is 0 Å². The van der Waals surface area contributed by atoms with Crippen LogP contribution < -0.4 is 12.4 Å². The smallest absolute Gasteiger partial charge is 0 e. The van der Waals surface area contributed by atoms with E-state index in [1.165, 1.54) is 0 Å². The van der Waals surface area contributed by atoms with Gasteiger partial charge < -0.3 is 12.4 Å². The molecule has 0 aliphatic heterocycles. The summed E-state index contributed by atoms with van der Waals surface area (Å²) in [6.45, 7) is 0. The monoisotopic (exact) mass is 188 g/mol. The summed E-state index contributed by atoms with van der Waals surface area (Å²) in [7, 11) is 0. The topological polar surface area (TPSA) is 0 Å². The molecule has 0 fully saturated rings. The Kier molecular flexibility index (Phi) is 567. The molecule has 0 aromatic heterocycles. The Morgan fingerprint density at radius 3 is 0.750 bits per heavy atom. The molecule has 0 amide bonds. The van der Waals surface area contributed by atoms with E-state index in [0.717, 1.165) is 0 Å². The molecule has 4 heavy (non-hydrogen) atoms. The van der Waals surface area contributed by atoms with Crippen molar-refractivity contribution in [2.75, 3.05) is 0 Å². The third-order valence-electron chi connectivity index (χ3n) is 0. The predicted molar refractivity (Wildman–Crippen MR) is 19.2 cm³/mol. The Morgan fingerprint density at radius 1 is 0.750 bits per heavy atom. The molecule has 0 bridgehead atoms. The van der Waals surface area contributed by atoms with Crippen LogP contribution in [0.3, 0.4) is 0 Å². The van der Waals surface area contributed by atoms with E-state index in [0.29, 0.717) is 0 Å². The fourth-order valence-electron chi connectivity index (χ4n) is 0. The van der Waals surface area contributed by atoms with Gasteiger partial charge in [-0.3, -0.25) is 0 Å². The second-order valence-electron chi connectivity index (χ2n) is 0. The van der Waals surface area contributed by atoms with Crippen molar-refractivity contribution < 1.29 is 12.4 Å². The number of halogens is 1. The third kappa shape index (κ3) is 11.2. The van der Waals surface area contributed by atoms with E-state index < -0.39 is 0 Å². The van der Waals surface area contributed by atoms with Crippen molar-refractivity contribution in [3.8, 4) is 0 Å². The third-order valence-corrected chi connectivity index (χ3v) is 0. The van der Waals surface area contributed by atoms with Crippen molar-refractivity contribution in [2.45, 2.75) is 14.9 Å². The quantitative estimate of drug-likeness (QED) is 0.383. The zero-order valence-electron chi connectivity index (χ0n) is 0.825. The molecule has 0 saturated carbocycles. The summed E-state index contributed by atoms with van der Waals surface area (Å²) in [5.74, 6) is 0. The normalized spacial score (nSPS) is 0. The van der Waals surface area contributed by atoms with Gasteiger partial charge in [-0.2, -0.15) is 0 Å². The summed E-state index contributed by atoms with van der Waals surface area (Å²) in [4.78, 5) is 0. The van der Waals surface area contributed by atoms with E-state index in [4.69, 9.17) is 0 Å². The van der Waals surface area contributed by atoms with E-state index >= 15 is 0 Å². The minimum absolute atomic E-state index is 0. The van der Waals surface area contributed by atoms with Crippen LogP contribution in [-0.2, 0) is 0 Å². The predicted octanol–water partition coefficient (Wildman–Crippen LogP) is -2.10. The van der Waals surface area contributed by atoms with E-state index in [2.05, 4.69) is 0 Å². The van der Waals surface area contributed by atoms with E-state index in [1.54, 1.807) is 0 Å². The van der Waals surface area contributed by atoms with Gasteiger partial charge in [0.1, 0.15) is 0 Å². The molecule has 2 heteroatoms. The molecule has 0 aromatic rings. The Bertz CT molecular complexity index is 6.00. The molecular formula is C2H8ClSb-. The van der Waals surface area contributed by atoms with Crippen LogP contribution in [0.15, 0.2) is 0 Å². The van der Waals surface area contributed by atoms with Crippen LogP contribution in [-0.4, -0.2) is 24.4 Å². The van der Waals surface area contributed by atoms with E-state index in [1.807, 2.05) is 0 Å². The van der Waals surface area contributed by atoms with Crippen LogP contribution in [0, 0.1) is 0 Å². The van der Waals surface area contributed by atoms with Crippen LogP contribution in [0.5, 0.6) is 0 Å². The Hall–Kier alpha value is 1.11. The van der Waals surface area contributed by atoms with Gasteiger partial charge in [0.2, 0.25) is 0 Å². The van der Waals surface area contributed by atoms with Crippen LogP contribution in [0.4, 0.5) is 0 Å². The zero-order valence-corrected chi connectivity index (χ0v) is 4.13. The van der Waals surface area contributed by atoms with Crippen LogP contribution in [0.25, 0.3) is 0 Å². The van der Waals surface area contributed by atoms with Crippen molar-refractivity contribution in [1.29, 1.82) is 0 Å². The van der Waals surface area contributed by atoms with Crippen LogP contribution >= 0.6 is 0 Å². The summed E-state index contributed by atoms with van der Waals surface area (Å²) in [5.41, 5.74) is 0. The average Bonchev–Trinajstić information content (AvgIpc) is 0. The molecular weight excluding hydrogens is 181 g/mol.